The third-order valence-corrected chi connectivity index (χ3v) is 13.9. The van der Waals surface area contributed by atoms with Crippen LogP contribution >= 0.6 is 0 Å². The van der Waals surface area contributed by atoms with Gasteiger partial charge >= 0.3 is 5.97 Å². The zero-order chi connectivity index (χ0) is 26.3. The summed E-state index contributed by atoms with van der Waals surface area (Å²) < 4.78 is 5.81. The molecule has 0 aliphatic heterocycles. The lowest BCUT2D eigenvalue weighted by Crippen LogP contribution is -2.66. The number of rotatable bonds is 4. The molecule has 0 bridgehead atoms. The molecular formula is C32H53NO3. The van der Waals surface area contributed by atoms with E-state index in [1.54, 1.807) is 0 Å². The van der Waals surface area contributed by atoms with E-state index in [0.29, 0.717) is 47.0 Å². The molecule has 5 rings (SSSR count). The van der Waals surface area contributed by atoms with Crippen LogP contribution in [0.4, 0.5) is 0 Å². The smallest absolute Gasteiger partial charge is 0.319 e. The van der Waals surface area contributed by atoms with E-state index in [2.05, 4.69) is 48.1 Å². The molecule has 5 saturated carbocycles. The number of esters is 1. The maximum atomic E-state index is 12.1. The van der Waals surface area contributed by atoms with Crippen LogP contribution in [0.15, 0.2) is 12.2 Å². The van der Waals surface area contributed by atoms with Crippen molar-refractivity contribution < 1.29 is 14.6 Å². The van der Waals surface area contributed by atoms with Crippen molar-refractivity contribution in [1.29, 1.82) is 0 Å². The van der Waals surface area contributed by atoms with E-state index in [0.717, 1.165) is 19.3 Å². The molecule has 5 aliphatic rings. The van der Waals surface area contributed by atoms with Gasteiger partial charge in [0.1, 0.15) is 0 Å². The predicted octanol–water partition coefficient (Wildman–Crippen LogP) is 6.51. The quantitative estimate of drug-likeness (QED) is 0.342. The molecule has 0 unspecified atom stereocenters. The number of ether oxygens (including phenoxy) is 1. The minimum absolute atomic E-state index is 0.00281. The lowest BCUT2D eigenvalue weighted by molar-refractivity contribution is -0.249. The fourth-order valence-corrected chi connectivity index (χ4v) is 11.8. The van der Waals surface area contributed by atoms with Gasteiger partial charge in [-0.25, -0.2) is 0 Å². The molecule has 0 saturated heterocycles. The van der Waals surface area contributed by atoms with Crippen LogP contribution in [0.2, 0.25) is 0 Å². The van der Waals surface area contributed by atoms with Gasteiger partial charge in [-0.3, -0.25) is 4.79 Å². The van der Waals surface area contributed by atoms with E-state index in [1.807, 2.05) is 0 Å². The number of carbonyl (C=O) groups is 1. The van der Waals surface area contributed by atoms with Gasteiger partial charge in [-0.05, 0) is 122 Å². The molecule has 0 amide bonds. The second-order valence-corrected chi connectivity index (χ2v) is 15.3. The van der Waals surface area contributed by atoms with Crippen molar-refractivity contribution in [1.82, 2.24) is 0 Å². The average Bonchev–Trinajstić information content (AvgIpc) is 3.21. The Morgan fingerprint density at radius 3 is 2.31 bits per heavy atom. The number of hydrogen-bond acceptors (Lipinski definition) is 4. The number of carbonyl (C=O) groups excluding carboxylic acids is 1. The second-order valence-electron chi connectivity index (χ2n) is 15.3. The van der Waals surface area contributed by atoms with Crippen molar-refractivity contribution in [3.05, 3.63) is 12.2 Å². The summed E-state index contributed by atoms with van der Waals surface area (Å²) in [5.74, 6) is 2.77. The molecule has 0 spiro atoms. The van der Waals surface area contributed by atoms with E-state index >= 15 is 0 Å². The maximum Gasteiger partial charge on any atom is 0.319 e. The lowest BCUT2D eigenvalue weighted by Gasteiger charge is -2.73. The van der Waals surface area contributed by atoms with Crippen molar-refractivity contribution >= 4 is 5.97 Å². The Hall–Kier alpha value is -0.870. The van der Waals surface area contributed by atoms with Crippen LogP contribution in [-0.2, 0) is 9.53 Å². The van der Waals surface area contributed by atoms with Crippen LogP contribution in [-0.4, -0.2) is 30.3 Å². The number of nitrogens with two attached hydrogens (primary N) is 1. The van der Waals surface area contributed by atoms with E-state index in [1.165, 1.54) is 50.5 Å². The standard InChI is InChI=1S/C32H53NO3/c1-20(2)21-10-15-32(19-36-26(35)18-33)17-16-30(6)22(27(21)32)8-9-24-29(5)13-12-25(34)28(3,4)23(29)11-14-31(24,30)7/h21-25,27,34H,1,8-19,33H2,2-7H3/t21-,22+,23-,24+,25-,27+,29-,30+,31+,32+/m0/s1. The predicted molar refractivity (Wildman–Crippen MR) is 145 cm³/mol. The SMILES string of the molecule is C=C(C)[C@@H]1CC[C@]2(COC(=O)CN)CC[C@]3(C)[C@H](CC[C@@H]4[C@@]5(C)CC[C@H](O)C(C)(C)[C@@H]5CC[C@]43C)[C@@H]12. The molecule has 4 heteroatoms. The van der Waals surface area contributed by atoms with Crippen molar-refractivity contribution in [2.24, 2.45) is 62.4 Å². The van der Waals surface area contributed by atoms with Crippen LogP contribution in [0, 0.1) is 56.7 Å². The highest BCUT2D eigenvalue weighted by molar-refractivity contribution is 5.71. The van der Waals surface area contributed by atoms with Gasteiger partial charge < -0.3 is 15.6 Å². The van der Waals surface area contributed by atoms with Gasteiger partial charge in [0.15, 0.2) is 0 Å². The van der Waals surface area contributed by atoms with Crippen molar-refractivity contribution in [3.63, 3.8) is 0 Å². The van der Waals surface area contributed by atoms with Crippen molar-refractivity contribution in [2.45, 2.75) is 112 Å². The molecule has 3 N–H and O–H groups in total. The highest BCUT2D eigenvalue weighted by Crippen LogP contribution is 2.77. The van der Waals surface area contributed by atoms with Crippen LogP contribution in [0.3, 0.4) is 0 Å². The zero-order valence-corrected chi connectivity index (χ0v) is 24.0. The molecule has 4 nitrogen and oxygen atoms in total. The van der Waals surface area contributed by atoms with Gasteiger partial charge in [0.25, 0.3) is 0 Å². The van der Waals surface area contributed by atoms with Crippen molar-refractivity contribution in [3.8, 4) is 0 Å². The highest BCUT2D eigenvalue weighted by Gasteiger charge is 2.70. The van der Waals surface area contributed by atoms with E-state index in [9.17, 15) is 9.90 Å². The van der Waals surface area contributed by atoms with Crippen molar-refractivity contribution in [2.75, 3.05) is 13.2 Å². The summed E-state index contributed by atoms with van der Waals surface area (Å²) in [6, 6.07) is 0. The Balaban J connectivity index is 1.51. The largest absolute Gasteiger partial charge is 0.464 e. The summed E-state index contributed by atoms with van der Waals surface area (Å²) in [5, 5.41) is 11.0. The number of fused-ring (bicyclic) bond motifs is 7. The summed E-state index contributed by atoms with van der Waals surface area (Å²) in [6.07, 6.45) is 11.7. The lowest BCUT2D eigenvalue weighted by atomic mass is 9.32. The van der Waals surface area contributed by atoms with Crippen LogP contribution in [0.1, 0.15) is 106 Å². The molecule has 0 aromatic heterocycles. The maximum absolute atomic E-state index is 12.1. The van der Waals surface area contributed by atoms with E-state index < -0.39 is 0 Å². The normalized spacial score (nSPS) is 51.3. The van der Waals surface area contributed by atoms with Gasteiger partial charge in [0.05, 0.1) is 19.3 Å². The molecule has 0 radical (unpaired) electrons. The Bertz CT molecular complexity index is 913. The minimum Gasteiger partial charge on any atom is -0.464 e. The molecule has 10 atom stereocenters. The summed E-state index contributed by atoms with van der Waals surface area (Å²) >= 11 is 0. The molecule has 0 aromatic rings. The molecule has 0 heterocycles. The van der Waals surface area contributed by atoms with Gasteiger partial charge in [-0.15, -0.1) is 0 Å². The molecular weight excluding hydrogens is 446 g/mol. The first-order valence-electron chi connectivity index (χ1n) is 15.0. The van der Waals surface area contributed by atoms with Gasteiger partial charge in [-0.2, -0.15) is 0 Å². The van der Waals surface area contributed by atoms with Crippen LogP contribution in [0.5, 0.6) is 0 Å². The summed E-state index contributed by atoms with van der Waals surface area (Å²) in [5.41, 5.74) is 7.90. The third kappa shape index (κ3) is 3.41. The number of aliphatic hydroxyl groups excluding tert-OH is 1. The van der Waals surface area contributed by atoms with Gasteiger partial charge in [-0.1, -0.05) is 46.8 Å². The Kier molecular flexibility index (Phi) is 6.36. The molecule has 5 aliphatic carbocycles. The topological polar surface area (TPSA) is 72.5 Å². The highest BCUT2D eigenvalue weighted by atomic mass is 16.5. The molecule has 36 heavy (non-hydrogen) atoms. The van der Waals surface area contributed by atoms with E-state index in [4.69, 9.17) is 10.5 Å². The van der Waals surface area contributed by atoms with E-state index in [-0.39, 0.29) is 34.9 Å². The zero-order valence-electron chi connectivity index (χ0n) is 24.0. The Morgan fingerprint density at radius 1 is 0.917 bits per heavy atom. The minimum atomic E-state index is -0.265. The average molecular weight is 500 g/mol. The van der Waals surface area contributed by atoms with Crippen LogP contribution in [0.25, 0.3) is 0 Å². The third-order valence-electron chi connectivity index (χ3n) is 13.9. The fourth-order valence-electron chi connectivity index (χ4n) is 11.8. The first kappa shape index (κ1) is 26.7. The van der Waals surface area contributed by atoms with Gasteiger partial charge in [0, 0.05) is 5.41 Å². The number of allylic oxidation sites excluding steroid dienone is 1. The fraction of sp³-hybridized carbons (Fsp3) is 0.906. The summed E-state index contributed by atoms with van der Waals surface area (Å²) in [6.45, 7) is 19.8. The first-order valence-corrected chi connectivity index (χ1v) is 15.0. The summed E-state index contributed by atoms with van der Waals surface area (Å²) in [7, 11) is 0. The summed E-state index contributed by atoms with van der Waals surface area (Å²) in [4.78, 5) is 12.1. The first-order chi connectivity index (χ1) is 16.8. The monoisotopic (exact) mass is 499 g/mol. The Labute approximate surface area is 220 Å². The second kappa shape index (κ2) is 8.57. The molecule has 204 valence electrons. The Morgan fingerprint density at radius 2 is 1.64 bits per heavy atom. The number of hydrogen-bond donors (Lipinski definition) is 2. The number of aliphatic hydroxyl groups is 1. The van der Waals surface area contributed by atoms with Crippen LogP contribution < -0.4 is 5.73 Å². The molecule has 5 fully saturated rings. The molecule has 0 aromatic carbocycles. The van der Waals surface area contributed by atoms with Gasteiger partial charge in [0.2, 0.25) is 0 Å².